The van der Waals surface area contributed by atoms with E-state index >= 15 is 0 Å². The second-order valence-electron chi connectivity index (χ2n) is 10.2. The molecule has 39 heavy (non-hydrogen) atoms. The molecule has 0 radical (unpaired) electrons. The number of hydrogen-bond acceptors (Lipinski definition) is 0. The zero-order valence-corrected chi connectivity index (χ0v) is 21.7. The van der Waals surface area contributed by atoms with Crippen molar-refractivity contribution < 1.29 is 0 Å². The molecule has 0 aliphatic carbocycles. The van der Waals surface area contributed by atoms with E-state index in [0.717, 1.165) is 5.69 Å². The zero-order chi connectivity index (χ0) is 25.9. The van der Waals surface area contributed by atoms with Gasteiger partial charge in [0.15, 0.2) is 0 Å². The average molecular weight is 499 g/mol. The highest BCUT2D eigenvalue weighted by Gasteiger charge is 2.22. The molecule has 0 saturated heterocycles. The summed E-state index contributed by atoms with van der Waals surface area (Å²) < 4.78 is 4.95. The van der Waals surface area contributed by atoms with Crippen molar-refractivity contribution in [1.29, 1.82) is 0 Å². The SMILES string of the molecule is Cc1cccc2c3cccc(-c4ccccc4)c3n(-c3cccc4c5ccccc5n(-c5ccccc5)c34)c12. The molecule has 8 aromatic rings. The number of rotatable bonds is 3. The molecular formula is C37H26N2. The number of benzene rings is 6. The van der Waals surface area contributed by atoms with Crippen LogP contribution in [0.3, 0.4) is 0 Å². The van der Waals surface area contributed by atoms with Crippen LogP contribution in [0.4, 0.5) is 0 Å². The third kappa shape index (κ3) is 3.15. The largest absolute Gasteiger partial charge is 0.307 e. The maximum absolute atomic E-state index is 2.52. The molecule has 2 aromatic heterocycles. The van der Waals surface area contributed by atoms with Crippen molar-refractivity contribution in [3.8, 4) is 22.5 Å². The van der Waals surface area contributed by atoms with Gasteiger partial charge in [0.2, 0.25) is 0 Å². The summed E-state index contributed by atoms with van der Waals surface area (Å²) in [6.07, 6.45) is 0. The van der Waals surface area contributed by atoms with Gasteiger partial charge in [-0.15, -0.1) is 0 Å². The van der Waals surface area contributed by atoms with Gasteiger partial charge in [-0.2, -0.15) is 0 Å². The summed E-state index contributed by atoms with van der Waals surface area (Å²) in [5, 5.41) is 5.07. The Hall–Kier alpha value is -5.08. The van der Waals surface area contributed by atoms with Gasteiger partial charge in [0.05, 0.1) is 27.8 Å². The lowest BCUT2D eigenvalue weighted by molar-refractivity contribution is 1.13. The average Bonchev–Trinajstić information content (AvgIpc) is 3.52. The minimum absolute atomic E-state index is 1.16. The molecule has 0 unspecified atom stereocenters. The third-order valence-electron chi connectivity index (χ3n) is 8.02. The summed E-state index contributed by atoms with van der Waals surface area (Å²) in [7, 11) is 0. The summed E-state index contributed by atoms with van der Waals surface area (Å²) in [5.41, 5.74) is 11.0. The molecule has 6 aromatic carbocycles. The van der Waals surface area contributed by atoms with Crippen LogP contribution in [-0.2, 0) is 0 Å². The molecule has 0 aliphatic rings. The highest BCUT2D eigenvalue weighted by Crippen LogP contribution is 2.42. The molecule has 0 bridgehead atoms. The second-order valence-corrected chi connectivity index (χ2v) is 10.2. The van der Waals surface area contributed by atoms with E-state index in [-0.39, 0.29) is 0 Å². The Morgan fingerprint density at radius 3 is 1.79 bits per heavy atom. The molecule has 0 fully saturated rings. The number of aromatic nitrogens is 2. The Bertz CT molecular complexity index is 2160. The Morgan fingerprint density at radius 2 is 1.00 bits per heavy atom. The fraction of sp³-hybridized carbons (Fsp3) is 0.0270. The van der Waals surface area contributed by atoms with Gasteiger partial charge in [-0.1, -0.05) is 115 Å². The van der Waals surface area contributed by atoms with Crippen LogP contribution in [0.25, 0.3) is 66.1 Å². The van der Waals surface area contributed by atoms with Gasteiger partial charge in [-0.05, 0) is 42.3 Å². The van der Waals surface area contributed by atoms with Crippen LogP contribution < -0.4 is 0 Å². The maximum Gasteiger partial charge on any atom is 0.0782 e. The van der Waals surface area contributed by atoms with Crippen molar-refractivity contribution >= 4 is 43.6 Å². The van der Waals surface area contributed by atoms with E-state index in [0.29, 0.717) is 0 Å². The number of hydrogen-bond donors (Lipinski definition) is 0. The highest BCUT2D eigenvalue weighted by atomic mass is 15.1. The third-order valence-corrected chi connectivity index (χ3v) is 8.02. The van der Waals surface area contributed by atoms with E-state index in [9.17, 15) is 0 Å². The van der Waals surface area contributed by atoms with Gasteiger partial charge < -0.3 is 9.13 Å². The van der Waals surface area contributed by atoms with Crippen molar-refractivity contribution in [1.82, 2.24) is 9.13 Å². The van der Waals surface area contributed by atoms with Gasteiger partial charge in [0, 0.05) is 32.8 Å². The molecule has 2 nitrogen and oxygen atoms in total. The summed E-state index contributed by atoms with van der Waals surface area (Å²) in [4.78, 5) is 0. The van der Waals surface area contributed by atoms with Gasteiger partial charge in [0.1, 0.15) is 0 Å². The first-order valence-corrected chi connectivity index (χ1v) is 13.5. The summed E-state index contributed by atoms with van der Waals surface area (Å²) in [6.45, 7) is 2.23. The van der Waals surface area contributed by atoms with Crippen molar-refractivity contribution in [3.63, 3.8) is 0 Å². The molecule has 0 atom stereocenters. The normalized spacial score (nSPS) is 11.7. The lowest BCUT2D eigenvalue weighted by Crippen LogP contribution is -2.02. The van der Waals surface area contributed by atoms with E-state index in [1.807, 2.05) is 0 Å². The molecule has 0 spiro atoms. The number of nitrogens with zero attached hydrogens (tertiary/aromatic N) is 2. The lowest BCUT2D eigenvalue weighted by atomic mass is 10.0. The van der Waals surface area contributed by atoms with Crippen LogP contribution >= 0.6 is 0 Å². The first-order chi connectivity index (χ1) is 19.3. The van der Waals surface area contributed by atoms with E-state index < -0.39 is 0 Å². The van der Waals surface area contributed by atoms with Gasteiger partial charge >= 0.3 is 0 Å². The number of fused-ring (bicyclic) bond motifs is 6. The molecule has 0 aliphatic heterocycles. The Balaban J connectivity index is 1.62. The Labute approximate surface area is 227 Å². The molecule has 0 N–H and O–H groups in total. The van der Waals surface area contributed by atoms with E-state index in [1.54, 1.807) is 0 Å². The van der Waals surface area contributed by atoms with Crippen molar-refractivity contribution in [2.45, 2.75) is 6.92 Å². The van der Waals surface area contributed by atoms with Gasteiger partial charge in [0.25, 0.3) is 0 Å². The van der Waals surface area contributed by atoms with E-state index in [1.165, 1.54) is 66.0 Å². The van der Waals surface area contributed by atoms with Crippen LogP contribution in [0.2, 0.25) is 0 Å². The molecular weight excluding hydrogens is 472 g/mol. The maximum atomic E-state index is 2.52. The smallest absolute Gasteiger partial charge is 0.0782 e. The van der Waals surface area contributed by atoms with E-state index in [4.69, 9.17) is 0 Å². The van der Waals surface area contributed by atoms with Gasteiger partial charge in [-0.3, -0.25) is 0 Å². The molecule has 0 amide bonds. The summed E-state index contributed by atoms with van der Waals surface area (Å²) >= 11 is 0. The minimum Gasteiger partial charge on any atom is -0.307 e. The molecule has 2 heteroatoms. The molecule has 184 valence electrons. The van der Waals surface area contributed by atoms with Gasteiger partial charge in [-0.25, -0.2) is 0 Å². The molecule has 2 heterocycles. The molecule has 0 saturated carbocycles. The zero-order valence-electron chi connectivity index (χ0n) is 21.7. The first-order valence-electron chi connectivity index (χ1n) is 13.5. The Morgan fingerprint density at radius 1 is 0.410 bits per heavy atom. The lowest BCUT2D eigenvalue weighted by Gasteiger charge is -2.16. The predicted molar refractivity (Wildman–Crippen MR) is 165 cm³/mol. The molecule has 8 rings (SSSR count). The predicted octanol–water partition coefficient (Wildman–Crippen LogP) is 9.86. The second kappa shape index (κ2) is 8.47. The van der Waals surface area contributed by atoms with Crippen LogP contribution in [0.5, 0.6) is 0 Å². The topological polar surface area (TPSA) is 9.86 Å². The van der Waals surface area contributed by atoms with Crippen LogP contribution in [-0.4, -0.2) is 9.13 Å². The van der Waals surface area contributed by atoms with Crippen LogP contribution in [0.15, 0.2) is 140 Å². The summed E-state index contributed by atoms with van der Waals surface area (Å²) in [6, 6.07) is 50.4. The fourth-order valence-electron chi connectivity index (χ4n) is 6.40. The van der Waals surface area contributed by atoms with Crippen LogP contribution in [0, 0.1) is 6.92 Å². The van der Waals surface area contributed by atoms with Crippen molar-refractivity contribution in [2.24, 2.45) is 0 Å². The quantitative estimate of drug-likeness (QED) is 0.229. The standard InChI is InChI=1S/C37H26N2/c1-25-13-10-20-31-32-21-11-19-28(26-14-4-2-5-15-26)36(32)39(35(25)31)34-24-12-22-30-29-18-8-9-23-33(29)38(37(30)34)27-16-6-3-7-17-27/h2-24H,1H3. The highest BCUT2D eigenvalue weighted by molar-refractivity contribution is 6.17. The monoisotopic (exact) mass is 498 g/mol. The fourth-order valence-corrected chi connectivity index (χ4v) is 6.40. The van der Waals surface area contributed by atoms with Crippen LogP contribution in [0.1, 0.15) is 5.56 Å². The number of aryl methyl sites for hydroxylation is 1. The number of para-hydroxylation sites is 5. The minimum atomic E-state index is 1.16. The van der Waals surface area contributed by atoms with E-state index in [2.05, 4.69) is 156 Å². The van der Waals surface area contributed by atoms with Crippen molar-refractivity contribution in [3.05, 3.63) is 145 Å². The summed E-state index contributed by atoms with van der Waals surface area (Å²) in [5.74, 6) is 0. The van der Waals surface area contributed by atoms with Crippen molar-refractivity contribution in [2.75, 3.05) is 0 Å². The first kappa shape index (κ1) is 22.0. The Kier molecular flexibility index (Phi) is 4.77.